The Kier molecular flexibility index (Phi) is 7.92. The van der Waals surface area contributed by atoms with Crippen molar-refractivity contribution in [3.8, 4) is 11.4 Å². The second kappa shape index (κ2) is 11.9. The number of aryl methyl sites for hydroxylation is 2. The zero-order chi connectivity index (χ0) is 26.3. The highest BCUT2D eigenvalue weighted by molar-refractivity contribution is 5.94. The molecular weight excluding hydrogens is 480 g/mol. The first-order valence-corrected chi connectivity index (χ1v) is 13.1. The first kappa shape index (κ1) is 25.4. The number of carbonyl (C=O) groups is 2. The van der Waals surface area contributed by atoms with Crippen molar-refractivity contribution in [2.24, 2.45) is 5.92 Å². The number of benzene rings is 1. The average molecular weight is 513 g/mol. The van der Waals surface area contributed by atoms with Crippen LogP contribution in [0.3, 0.4) is 0 Å². The summed E-state index contributed by atoms with van der Waals surface area (Å²) in [4.78, 5) is 32.8. The number of nitrogens with one attached hydrogen (secondary N) is 1. The molecule has 1 aliphatic heterocycles. The molecule has 1 aliphatic rings. The topological polar surface area (TPSA) is 106 Å². The minimum atomic E-state index is -0.299. The van der Waals surface area contributed by atoms with Crippen molar-refractivity contribution in [1.29, 1.82) is 0 Å². The molecule has 0 bridgehead atoms. The number of rotatable bonds is 5. The van der Waals surface area contributed by atoms with Gasteiger partial charge in [0.2, 0.25) is 5.91 Å². The van der Waals surface area contributed by atoms with Gasteiger partial charge in [-0.1, -0.05) is 18.2 Å². The van der Waals surface area contributed by atoms with Gasteiger partial charge in [-0.2, -0.15) is 0 Å². The first-order chi connectivity index (χ1) is 18.6. The van der Waals surface area contributed by atoms with Gasteiger partial charge in [0.05, 0.1) is 6.54 Å². The molecule has 9 heteroatoms. The fourth-order valence-corrected chi connectivity index (χ4v) is 4.87. The molecule has 0 aliphatic carbocycles. The predicted molar refractivity (Wildman–Crippen MR) is 142 cm³/mol. The molecule has 0 spiro atoms. The minimum Gasteiger partial charge on any atom is -0.465 e. The number of hydrogen-bond acceptors (Lipinski definition) is 6. The quantitative estimate of drug-likeness (QED) is 0.433. The Labute approximate surface area is 221 Å². The third-order valence-electron chi connectivity index (χ3n) is 6.94. The minimum absolute atomic E-state index is 0.0208. The van der Waals surface area contributed by atoms with Crippen molar-refractivity contribution in [3.05, 3.63) is 89.9 Å². The summed E-state index contributed by atoms with van der Waals surface area (Å²) >= 11 is 0. The van der Waals surface area contributed by atoms with E-state index in [1.807, 2.05) is 66.4 Å². The van der Waals surface area contributed by atoms with Crippen LogP contribution in [0.2, 0.25) is 0 Å². The molecule has 4 heterocycles. The number of carbonyl (C=O) groups excluding carboxylic acids is 2. The van der Waals surface area contributed by atoms with Crippen LogP contribution in [0.1, 0.15) is 47.0 Å². The standard InChI is InChI=1S/C29H32N6O3/c1-21-11-12-25(38-21)20-31-28(36)22-13-17-34(29(37)23-7-3-2-4-8-23)16-6-10-26-32-33-27(35(26)18-14-22)24-9-5-15-30-19-24/h2-5,7-9,11-12,15,19,22H,6,10,13-14,16-18,20H2,1H3,(H,31,36). The Morgan fingerprint density at radius 1 is 1.00 bits per heavy atom. The van der Waals surface area contributed by atoms with E-state index in [1.165, 1.54) is 0 Å². The van der Waals surface area contributed by atoms with E-state index in [2.05, 4.69) is 25.1 Å². The van der Waals surface area contributed by atoms with Gasteiger partial charge >= 0.3 is 0 Å². The fourth-order valence-electron chi connectivity index (χ4n) is 4.87. The molecule has 3 aromatic heterocycles. The lowest BCUT2D eigenvalue weighted by molar-refractivity contribution is -0.125. The van der Waals surface area contributed by atoms with Gasteiger partial charge in [-0.15, -0.1) is 10.2 Å². The molecular formula is C29H32N6O3. The average Bonchev–Trinajstić information content (AvgIpc) is 3.55. The molecule has 0 fully saturated rings. The summed E-state index contributed by atoms with van der Waals surface area (Å²) in [5, 5.41) is 12.0. The third-order valence-corrected chi connectivity index (χ3v) is 6.94. The van der Waals surface area contributed by atoms with Crippen LogP contribution in [0.15, 0.2) is 71.4 Å². The van der Waals surface area contributed by atoms with E-state index in [4.69, 9.17) is 4.42 Å². The second-order valence-corrected chi connectivity index (χ2v) is 9.60. The van der Waals surface area contributed by atoms with Gasteiger partial charge in [0, 0.05) is 55.5 Å². The van der Waals surface area contributed by atoms with Crippen LogP contribution < -0.4 is 5.32 Å². The van der Waals surface area contributed by atoms with Gasteiger partial charge in [0.25, 0.3) is 5.91 Å². The van der Waals surface area contributed by atoms with Crippen LogP contribution in [0.4, 0.5) is 0 Å². The van der Waals surface area contributed by atoms with Crippen molar-refractivity contribution in [2.45, 2.75) is 45.7 Å². The maximum Gasteiger partial charge on any atom is 0.253 e. The number of aromatic nitrogens is 4. The SMILES string of the molecule is Cc1ccc(CNC(=O)C2CCN(C(=O)c3ccccc3)CCCc3nnc(-c4cccnc4)n3CC2)o1. The lowest BCUT2D eigenvalue weighted by Gasteiger charge is -2.25. The van der Waals surface area contributed by atoms with E-state index in [-0.39, 0.29) is 17.7 Å². The van der Waals surface area contributed by atoms with E-state index in [0.717, 1.165) is 29.4 Å². The van der Waals surface area contributed by atoms with Crippen molar-refractivity contribution in [1.82, 2.24) is 30.0 Å². The van der Waals surface area contributed by atoms with E-state index >= 15 is 0 Å². The first-order valence-electron chi connectivity index (χ1n) is 13.1. The Bertz CT molecular complexity index is 1370. The largest absolute Gasteiger partial charge is 0.465 e. The number of hydrogen-bond donors (Lipinski definition) is 1. The third kappa shape index (κ3) is 5.99. The molecule has 0 saturated carbocycles. The molecule has 4 aromatic rings. The highest BCUT2D eigenvalue weighted by Gasteiger charge is 2.25. The van der Waals surface area contributed by atoms with Gasteiger partial charge < -0.3 is 19.2 Å². The molecule has 2 amide bonds. The summed E-state index contributed by atoms with van der Waals surface area (Å²) in [6, 6.07) is 16.9. The zero-order valence-corrected chi connectivity index (χ0v) is 21.5. The molecule has 196 valence electrons. The maximum atomic E-state index is 13.4. The Hall–Kier alpha value is -4.27. The number of nitrogens with zero attached hydrogens (tertiary/aromatic N) is 5. The van der Waals surface area contributed by atoms with Crippen molar-refractivity contribution >= 4 is 11.8 Å². The predicted octanol–water partition coefficient (Wildman–Crippen LogP) is 4.04. The van der Waals surface area contributed by atoms with Gasteiger partial charge in [-0.25, -0.2) is 0 Å². The summed E-state index contributed by atoms with van der Waals surface area (Å²) < 4.78 is 7.72. The molecule has 0 radical (unpaired) electrons. The van der Waals surface area contributed by atoms with E-state index in [1.54, 1.807) is 12.4 Å². The van der Waals surface area contributed by atoms with Crippen LogP contribution in [-0.2, 0) is 24.3 Å². The lowest BCUT2D eigenvalue weighted by atomic mass is 9.99. The summed E-state index contributed by atoms with van der Waals surface area (Å²) in [6.45, 7) is 3.88. The lowest BCUT2D eigenvalue weighted by Crippen LogP contribution is -2.37. The monoisotopic (exact) mass is 512 g/mol. The normalized spacial score (nSPS) is 16.3. The molecule has 1 N–H and O–H groups in total. The molecule has 38 heavy (non-hydrogen) atoms. The van der Waals surface area contributed by atoms with E-state index in [9.17, 15) is 9.59 Å². The molecule has 1 atom stereocenters. The highest BCUT2D eigenvalue weighted by Crippen LogP contribution is 2.23. The maximum absolute atomic E-state index is 13.4. The van der Waals surface area contributed by atoms with Crippen molar-refractivity contribution in [2.75, 3.05) is 13.1 Å². The van der Waals surface area contributed by atoms with Crippen LogP contribution in [0.25, 0.3) is 11.4 Å². The molecule has 1 aromatic carbocycles. The summed E-state index contributed by atoms with van der Waals surface area (Å²) in [5.41, 5.74) is 1.54. The fraction of sp³-hybridized carbons (Fsp3) is 0.345. The second-order valence-electron chi connectivity index (χ2n) is 9.60. The summed E-state index contributed by atoms with van der Waals surface area (Å²) in [5.74, 6) is 2.75. The van der Waals surface area contributed by atoms with Crippen LogP contribution in [0.5, 0.6) is 0 Å². The van der Waals surface area contributed by atoms with E-state index in [0.29, 0.717) is 56.8 Å². The molecule has 5 rings (SSSR count). The van der Waals surface area contributed by atoms with E-state index < -0.39 is 0 Å². The van der Waals surface area contributed by atoms with Gasteiger partial charge in [-0.3, -0.25) is 14.6 Å². The number of pyridine rings is 1. The smallest absolute Gasteiger partial charge is 0.253 e. The van der Waals surface area contributed by atoms with Crippen LogP contribution in [-0.4, -0.2) is 49.6 Å². The van der Waals surface area contributed by atoms with Gasteiger partial charge in [0.15, 0.2) is 5.82 Å². The van der Waals surface area contributed by atoms with Crippen molar-refractivity contribution in [3.63, 3.8) is 0 Å². The summed E-state index contributed by atoms with van der Waals surface area (Å²) in [6.07, 6.45) is 6.08. The molecule has 9 nitrogen and oxygen atoms in total. The zero-order valence-electron chi connectivity index (χ0n) is 21.5. The summed E-state index contributed by atoms with van der Waals surface area (Å²) in [7, 11) is 0. The van der Waals surface area contributed by atoms with Crippen LogP contribution >= 0.6 is 0 Å². The Morgan fingerprint density at radius 3 is 2.61 bits per heavy atom. The Balaban J connectivity index is 1.39. The number of furan rings is 1. The van der Waals surface area contributed by atoms with Gasteiger partial charge in [0.1, 0.15) is 17.3 Å². The Morgan fingerprint density at radius 2 is 1.84 bits per heavy atom. The van der Waals surface area contributed by atoms with Crippen LogP contribution in [0, 0.1) is 12.8 Å². The molecule has 1 unspecified atom stereocenters. The van der Waals surface area contributed by atoms with Crippen molar-refractivity contribution < 1.29 is 14.0 Å². The number of amides is 2. The molecule has 0 saturated heterocycles. The highest BCUT2D eigenvalue weighted by atomic mass is 16.3. The van der Waals surface area contributed by atoms with Gasteiger partial charge in [-0.05, 0) is 62.6 Å². The number of fused-ring (bicyclic) bond motifs is 1.